The molecule has 4 rings (SSSR count). The molecule has 0 amide bonds. The highest BCUT2D eigenvalue weighted by Gasteiger charge is 2.31. The van der Waals surface area contributed by atoms with Gasteiger partial charge in [0, 0.05) is 11.6 Å². The van der Waals surface area contributed by atoms with Crippen molar-refractivity contribution in [2.45, 2.75) is 12.8 Å². The van der Waals surface area contributed by atoms with Crippen molar-refractivity contribution in [1.82, 2.24) is 15.0 Å². The van der Waals surface area contributed by atoms with Gasteiger partial charge in [-0.2, -0.15) is 0 Å². The topological polar surface area (TPSA) is 52.4 Å². The average molecular weight is 371 g/mol. The summed E-state index contributed by atoms with van der Waals surface area (Å²) in [6.45, 7) is 2.04. The van der Waals surface area contributed by atoms with E-state index in [1.165, 1.54) is 0 Å². The summed E-state index contributed by atoms with van der Waals surface area (Å²) >= 11 is 5.94. The Bertz CT molecular complexity index is 881. The fraction of sp³-hybridized carbons (Fsp3) is 0.263. The van der Waals surface area contributed by atoms with Crippen LogP contribution < -0.4 is 9.64 Å². The van der Waals surface area contributed by atoms with Crippen molar-refractivity contribution in [2.75, 3.05) is 25.2 Å². The Morgan fingerprint density at radius 2 is 2.00 bits per heavy atom. The first-order valence-electron chi connectivity index (χ1n) is 8.40. The van der Waals surface area contributed by atoms with Crippen molar-refractivity contribution in [3.63, 3.8) is 0 Å². The minimum absolute atomic E-state index is 0.273. The van der Waals surface area contributed by atoms with E-state index in [4.69, 9.17) is 21.1 Å². The van der Waals surface area contributed by atoms with Crippen LogP contribution in [-0.2, 0) is 11.3 Å². The Morgan fingerprint density at radius 1 is 1.19 bits per heavy atom. The predicted octanol–water partition coefficient (Wildman–Crippen LogP) is 3.52. The Hall–Kier alpha value is -2.57. The molecule has 26 heavy (non-hydrogen) atoms. The molecule has 3 aromatic rings. The molecule has 0 saturated carbocycles. The molecule has 0 spiro atoms. The number of para-hydroxylation sites is 2. The third-order valence-corrected chi connectivity index (χ3v) is 4.60. The summed E-state index contributed by atoms with van der Waals surface area (Å²) < 4.78 is 13.2. The standard InChI is InChI=1S/C19H19ClN4O2/c1-25-18-5-3-2-4-17(18)24-10-11-26-19(24)16-13-23(22-21-16)12-14-6-8-15(20)9-7-14/h2-9,13,19H,10-12H2,1H3/t19-/m1/s1. The number of methoxy groups -OCH3 is 1. The Morgan fingerprint density at radius 3 is 2.81 bits per heavy atom. The second-order valence-corrected chi connectivity index (χ2v) is 6.49. The first-order chi connectivity index (χ1) is 12.7. The van der Waals surface area contributed by atoms with Gasteiger partial charge in [0.1, 0.15) is 11.4 Å². The highest BCUT2D eigenvalue weighted by molar-refractivity contribution is 6.30. The number of hydrogen-bond donors (Lipinski definition) is 0. The van der Waals surface area contributed by atoms with E-state index in [2.05, 4.69) is 15.2 Å². The highest BCUT2D eigenvalue weighted by Crippen LogP contribution is 2.36. The Labute approximate surface area is 156 Å². The van der Waals surface area contributed by atoms with E-state index >= 15 is 0 Å². The Balaban J connectivity index is 1.55. The normalized spacial score (nSPS) is 16.8. The van der Waals surface area contributed by atoms with Crippen LogP contribution in [0, 0.1) is 0 Å². The number of benzene rings is 2. The predicted molar refractivity (Wildman–Crippen MR) is 99.6 cm³/mol. The molecule has 0 bridgehead atoms. The fourth-order valence-corrected chi connectivity index (χ4v) is 3.24. The van der Waals surface area contributed by atoms with Gasteiger partial charge < -0.3 is 14.4 Å². The minimum atomic E-state index is -0.273. The van der Waals surface area contributed by atoms with Gasteiger partial charge in [-0.1, -0.05) is 41.1 Å². The maximum Gasteiger partial charge on any atom is 0.177 e. The van der Waals surface area contributed by atoms with Crippen LogP contribution in [0.15, 0.2) is 54.7 Å². The van der Waals surface area contributed by atoms with Crippen molar-refractivity contribution in [1.29, 1.82) is 0 Å². The zero-order valence-electron chi connectivity index (χ0n) is 14.4. The average Bonchev–Trinajstić information content (AvgIpc) is 3.32. The number of ether oxygens (including phenoxy) is 2. The number of halogens is 1. The molecule has 2 heterocycles. The number of anilines is 1. The van der Waals surface area contributed by atoms with Crippen molar-refractivity contribution in [3.05, 3.63) is 71.0 Å². The lowest BCUT2D eigenvalue weighted by atomic mass is 10.2. The van der Waals surface area contributed by atoms with E-state index < -0.39 is 0 Å². The van der Waals surface area contributed by atoms with Crippen LogP contribution in [0.4, 0.5) is 5.69 Å². The van der Waals surface area contributed by atoms with E-state index in [1.54, 1.807) is 11.8 Å². The van der Waals surface area contributed by atoms with Crippen LogP contribution in [0.2, 0.25) is 5.02 Å². The molecule has 6 nitrogen and oxygen atoms in total. The molecule has 2 aromatic carbocycles. The first-order valence-corrected chi connectivity index (χ1v) is 8.78. The molecule has 1 saturated heterocycles. The fourth-order valence-electron chi connectivity index (χ4n) is 3.11. The quantitative estimate of drug-likeness (QED) is 0.687. The van der Waals surface area contributed by atoms with E-state index in [0.29, 0.717) is 13.2 Å². The SMILES string of the molecule is COc1ccccc1N1CCO[C@@H]1c1cn(Cc2ccc(Cl)cc2)nn1. The molecule has 134 valence electrons. The summed E-state index contributed by atoms with van der Waals surface area (Å²) in [5.74, 6) is 0.816. The second kappa shape index (κ2) is 7.35. The van der Waals surface area contributed by atoms with Crippen molar-refractivity contribution in [3.8, 4) is 5.75 Å². The number of hydrogen-bond acceptors (Lipinski definition) is 5. The smallest absolute Gasteiger partial charge is 0.177 e. The first kappa shape index (κ1) is 16.9. The van der Waals surface area contributed by atoms with Gasteiger partial charge >= 0.3 is 0 Å². The van der Waals surface area contributed by atoms with Gasteiger partial charge in [0.05, 0.1) is 32.1 Å². The zero-order valence-corrected chi connectivity index (χ0v) is 15.1. The molecule has 1 atom stereocenters. The largest absolute Gasteiger partial charge is 0.495 e. The van der Waals surface area contributed by atoms with E-state index in [1.807, 2.05) is 54.7 Å². The third-order valence-electron chi connectivity index (χ3n) is 4.35. The summed E-state index contributed by atoms with van der Waals surface area (Å²) in [6.07, 6.45) is 1.65. The lowest BCUT2D eigenvalue weighted by Gasteiger charge is -2.25. The molecule has 1 aromatic heterocycles. The summed E-state index contributed by atoms with van der Waals surface area (Å²) in [5.41, 5.74) is 2.88. The molecule has 0 radical (unpaired) electrons. The summed E-state index contributed by atoms with van der Waals surface area (Å²) in [4.78, 5) is 2.15. The van der Waals surface area contributed by atoms with Gasteiger partial charge in [-0.25, -0.2) is 4.68 Å². The number of rotatable bonds is 5. The summed E-state index contributed by atoms with van der Waals surface area (Å²) in [5, 5.41) is 9.29. The lowest BCUT2D eigenvalue weighted by molar-refractivity contribution is 0.110. The van der Waals surface area contributed by atoms with Gasteiger partial charge in [-0.3, -0.25) is 0 Å². The molecule has 1 aliphatic rings. The van der Waals surface area contributed by atoms with Crippen LogP contribution in [0.1, 0.15) is 17.5 Å². The Kier molecular flexibility index (Phi) is 4.77. The van der Waals surface area contributed by atoms with Gasteiger partial charge in [0.25, 0.3) is 0 Å². The number of aromatic nitrogens is 3. The van der Waals surface area contributed by atoms with Crippen molar-refractivity contribution < 1.29 is 9.47 Å². The third kappa shape index (κ3) is 3.38. The molecule has 1 fully saturated rings. The van der Waals surface area contributed by atoms with Gasteiger partial charge in [-0.15, -0.1) is 5.10 Å². The molecule has 0 N–H and O–H groups in total. The van der Waals surface area contributed by atoms with E-state index in [0.717, 1.165) is 34.3 Å². The van der Waals surface area contributed by atoms with Gasteiger partial charge in [0.2, 0.25) is 0 Å². The van der Waals surface area contributed by atoms with Crippen LogP contribution in [0.5, 0.6) is 5.75 Å². The van der Waals surface area contributed by atoms with Crippen molar-refractivity contribution >= 4 is 17.3 Å². The molecule has 0 unspecified atom stereocenters. The monoisotopic (exact) mass is 370 g/mol. The van der Waals surface area contributed by atoms with Crippen molar-refractivity contribution in [2.24, 2.45) is 0 Å². The van der Waals surface area contributed by atoms with E-state index in [9.17, 15) is 0 Å². The molecule has 7 heteroatoms. The van der Waals surface area contributed by atoms with E-state index in [-0.39, 0.29) is 6.23 Å². The van der Waals surface area contributed by atoms with Gasteiger partial charge in [-0.05, 0) is 29.8 Å². The zero-order chi connectivity index (χ0) is 17.9. The lowest BCUT2D eigenvalue weighted by Crippen LogP contribution is -2.24. The minimum Gasteiger partial charge on any atom is -0.495 e. The van der Waals surface area contributed by atoms with Gasteiger partial charge in [0.15, 0.2) is 6.23 Å². The maximum atomic E-state index is 5.94. The number of nitrogens with zero attached hydrogens (tertiary/aromatic N) is 4. The second-order valence-electron chi connectivity index (χ2n) is 6.06. The van der Waals surface area contributed by atoms with Crippen LogP contribution >= 0.6 is 11.6 Å². The molecule has 0 aliphatic carbocycles. The summed E-state index contributed by atoms with van der Waals surface area (Å²) in [7, 11) is 1.67. The summed E-state index contributed by atoms with van der Waals surface area (Å²) in [6, 6.07) is 15.6. The molecular formula is C19H19ClN4O2. The van der Waals surface area contributed by atoms with Crippen LogP contribution in [-0.4, -0.2) is 35.3 Å². The van der Waals surface area contributed by atoms with Crippen LogP contribution in [0.3, 0.4) is 0 Å². The highest BCUT2D eigenvalue weighted by atomic mass is 35.5. The van der Waals surface area contributed by atoms with Crippen LogP contribution in [0.25, 0.3) is 0 Å². The molecule has 1 aliphatic heterocycles. The maximum absolute atomic E-state index is 5.94. The molecular weight excluding hydrogens is 352 g/mol.